The lowest BCUT2D eigenvalue weighted by Crippen LogP contribution is -2.43. The van der Waals surface area contributed by atoms with Crippen LogP contribution in [0.5, 0.6) is 0 Å². The Labute approximate surface area is 180 Å². The number of carbonyl (C=O) groups excluding carboxylic acids is 1. The van der Waals surface area contributed by atoms with Crippen molar-refractivity contribution >= 4 is 23.4 Å². The van der Waals surface area contributed by atoms with Gasteiger partial charge in [0.15, 0.2) is 11.6 Å². The van der Waals surface area contributed by atoms with E-state index in [1.807, 2.05) is 31.3 Å². The number of primary amides is 1. The molecule has 2 aromatic heterocycles. The second-order valence-electron chi connectivity index (χ2n) is 7.68. The van der Waals surface area contributed by atoms with Crippen molar-refractivity contribution in [2.24, 2.45) is 11.5 Å². The van der Waals surface area contributed by atoms with Crippen molar-refractivity contribution in [3.63, 3.8) is 0 Å². The Morgan fingerprint density at radius 2 is 1.90 bits per heavy atom. The summed E-state index contributed by atoms with van der Waals surface area (Å²) in [6.45, 7) is 0. The number of rotatable bonds is 6. The Balaban J connectivity index is 1.66. The van der Waals surface area contributed by atoms with E-state index in [1.54, 1.807) is 23.4 Å². The SMILES string of the molecule is CN(c1cccc(-c2ncccn2)c1)c1nc(N[C@@H]2CCCC[C@@H]2N)ncc1C(N)=O. The van der Waals surface area contributed by atoms with Crippen molar-refractivity contribution in [3.05, 3.63) is 54.5 Å². The fraction of sp³-hybridized carbons (Fsp3) is 0.318. The molecule has 4 rings (SSSR count). The smallest absolute Gasteiger partial charge is 0.254 e. The summed E-state index contributed by atoms with van der Waals surface area (Å²) in [5.74, 6) is 0.867. The van der Waals surface area contributed by atoms with Crippen LogP contribution in [0, 0.1) is 0 Å². The van der Waals surface area contributed by atoms with Crippen LogP contribution in [0.25, 0.3) is 11.4 Å². The van der Waals surface area contributed by atoms with Crippen LogP contribution in [0.4, 0.5) is 17.5 Å². The summed E-state index contributed by atoms with van der Waals surface area (Å²) in [4.78, 5) is 31.4. The first-order valence-corrected chi connectivity index (χ1v) is 10.3. The minimum atomic E-state index is -0.592. The van der Waals surface area contributed by atoms with Gasteiger partial charge in [0, 0.05) is 49.0 Å². The molecule has 1 saturated carbocycles. The highest BCUT2D eigenvalue weighted by Crippen LogP contribution is 2.29. The number of nitrogens with one attached hydrogen (secondary N) is 1. The lowest BCUT2D eigenvalue weighted by atomic mass is 9.91. The molecule has 0 bridgehead atoms. The average molecular weight is 419 g/mol. The molecule has 1 amide bonds. The van der Waals surface area contributed by atoms with E-state index in [2.05, 4.69) is 25.3 Å². The van der Waals surface area contributed by atoms with E-state index in [0.29, 0.717) is 17.6 Å². The molecule has 0 saturated heterocycles. The lowest BCUT2D eigenvalue weighted by molar-refractivity contribution is 0.1000. The summed E-state index contributed by atoms with van der Waals surface area (Å²) in [5.41, 5.74) is 13.8. The zero-order chi connectivity index (χ0) is 21.8. The van der Waals surface area contributed by atoms with Gasteiger partial charge in [0.25, 0.3) is 5.91 Å². The third-order valence-electron chi connectivity index (χ3n) is 5.54. The van der Waals surface area contributed by atoms with Crippen LogP contribution in [-0.2, 0) is 0 Å². The molecule has 3 aromatic rings. The largest absolute Gasteiger partial charge is 0.365 e. The summed E-state index contributed by atoms with van der Waals surface area (Å²) in [5, 5.41) is 3.33. The van der Waals surface area contributed by atoms with Crippen molar-refractivity contribution in [3.8, 4) is 11.4 Å². The molecule has 1 fully saturated rings. The molecule has 0 radical (unpaired) electrons. The monoisotopic (exact) mass is 418 g/mol. The maximum atomic E-state index is 12.1. The van der Waals surface area contributed by atoms with Gasteiger partial charge in [0.05, 0.1) is 0 Å². The van der Waals surface area contributed by atoms with Crippen molar-refractivity contribution in [1.82, 2.24) is 19.9 Å². The number of benzene rings is 1. The topological polar surface area (TPSA) is 136 Å². The molecule has 9 nitrogen and oxygen atoms in total. The Kier molecular flexibility index (Phi) is 6.03. The first-order chi connectivity index (χ1) is 15.0. The molecule has 1 aromatic carbocycles. The number of carbonyl (C=O) groups is 1. The van der Waals surface area contributed by atoms with Gasteiger partial charge in [-0.2, -0.15) is 4.98 Å². The van der Waals surface area contributed by atoms with Crippen LogP contribution < -0.4 is 21.7 Å². The first kappa shape index (κ1) is 20.7. The molecule has 1 aliphatic carbocycles. The maximum absolute atomic E-state index is 12.1. The van der Waals surface area contributed by atoms with Crippen LogP contribution in [0.1, 0.15) is 36.0 Å². The molecule has 31 heavy (non-hydrogen) atoms. The highest BCUT2D eigenvalue weighted by atomic mass is 16.1. The van der Waals surface area contributed by atoms with E-state index in [9.17, 15) is 4.79 Å². The molecule has 160 valence electrons. The third-order valence-corrected chi connectivity index (χ3v) is 5.54. The van der Waals surface area contributed by atoms with Gasteiger partial charge < -0.3 is 21.7 Å². The predicted octanol–water partition coefficient (Wildman–Crippen LogP) is 2.48. The van der Waals surface area contributed by atoms with Crippen molar-refractivity contribution in [2.45, 2.75) is 37.8 Å². The molecule has 1 aliphatic rings. The fourth-order valence-electron chi connectivity index (χ4n) is 3.80. The molecular weight excluding hydrogens is 392 g/mol. The Hall–Kier alpha value is -3.59. The standard InChI is InChI=1S/C22H26N8O/c1-30(15-7-4-6-14(12-15)20-25-10-5-11-26-20)21-16(19(24)31)13-27-22(29-21)28-18-9-3-2-8-17(18)23/h4-7,10-13,17-18H,2-3,8-9,23H2,1H3,(H2,24,31)(H,27,28,29)/t17-,18+/m0/s1. The van der Waals surface area contributed by atoms with Crippen LogP contribution >= 0.6 is 0 Å². The van der Waals surface area contributed by atoms with E-state index in [4.69, 9.17) is 11.5 Å². The van der Waals surface area contributed by atoms with Gasteiger partial charge >= 0.3 is 0 Å². The first-order valence-electron chi connectivity index (χ1n) is 10.3. The molecule has 5 N–H and O–H groups in total. The van der Waals surface area contributed by atoms with Gasteiger partial charge in [-0.3, -0.25) is 4.79 Å². The summed E-state index contributed by atoms with van der Waals surface area (Å²) < 4.78 is 0. The summed E-state index contributed by atoms with van der Waals surface area (Å²) in [7, 11) is 1.83. The number of nitrogens with zero attached hydrogens (tertiary/aromatic N) is 5. The van der Waals surface area contributed by atoms with Crippen LogP contribution in [0.2, 0.25) is 0 Å². The number of amides is 1. The van der Waals surface area contributed by atoms with Gasteiger partial charge in [-0.15, -0.1) is 0 Å². The predicted molar refractivity (Wildman–Crippen MR) is 120 cm³/mol. The molecule has 0 spiro atoms. The Bertz CT molecular complexity index is 1060. The highest BCUT2D eigenvalue weighted by molar-refractivity contribution is 5.98. The normalized spacial score (nSPS) is 18.4. The number of anilines is 3. The van der Waals surface area contributed by atoms with Crippen molar-refractivity contribution in [2.75, 3.05) is 17.3 Å². The van der Waals surface area contributed by atoms with E-state index >= 15 is 0 Å². The second kappa shape index (κ2) is 9.05. The molecule has 0 aliphatic heterocycles. The number of nitrogens with two attached hydrogens (primary N) is 2. The highest BCUT2D eigenvalue weighted by Gasteiger charge is 2.24. The van der Waals surface area contributed by atoms with Crippen LogP contribution in [-0.4, -0.2) is 45.0 Å². The van der Waals surface area contributed by atoms with Crippen LogP contribution in [0.15, 0.2) is 48.9 Å². The summed E-state index contributed by atoms with van der Waals surface area (Å²) in [6.07, 6.45) is 9.04. The number of hydrogen-bond acceptors (Lipinski definition) is 8. The maximum Gasteiger partial charge on any atom is 0.254 e. The Morgan fingerprint density at radius 1 is 1.13 bits per heavy atom. The number of hydrogen-bond donors (Lipinski definition) is 3. The van der Waals surface area contributed by atoms with E-state index in [1.165, 1.54) is 6.20 Å². The minimum Gasteiger partial charge on any atom is -0.365 e. The quantitative estimate of drug-likeness (QED) is 0.555. The molecular formula is C22H26N8O. The number of aromatic nitrogens is 4. The van der Waals surface area contributed by atoms with Gasteiger partial charge in [0.1, 0.15) is 5.56 Å². The zero-order valence-electron chi connectivity index (χ0n) is 17.4. The zero-order valence-corrected chi connectivity index (χ0v) is 17.4. The summed E-state index contributed by atoms with van der Waals surface area (Å²) >= 11 is 0. The van der Waals surface area contributed by atoms with Crippen molar-refractivity contribution < 1.29 is 4.79 Å². The van der Waals surface area contributed by atoms with Gasteiger partial charge in [-0.1, -0.05) is 25.0 Å². The third kappa shape index (κ3) is 4.61. The summed E-state index contributed by atoms with van der Waals surface area (Å²) in [6, 6.07) is 9.62. The van der Waals surface area contributed by atoms with Gasteiger partial charge in [-0.05, 0) is 31.0 Å². The van der Waals surface area contributed by atoms with Gasteiger partial charge in [0.2, 0.25) is 5.95 Å². The average Bonchev–Trinajstić information content (AvgIpc) is 2.80. The van der Waals surface area contributed by atoms with Gasteiger partial charge in [-0.25, -0.2) is 15.0 Å². The van der Waals surface area contributed by atoms with E-state index in [-0.39, 0.29) is 17.6 Å². The molecule has 2 heterocycles. The van der Waals surface area contributed by atoms with Crippen LogP contribution in [0.3, 0.4) is 0 Å². The molecule has 0 unspecified atom stereocenters. The van der Waals surface area contributed by atoms with E-state index in [0.717, 1.165) is 36.9 Å². The van der Waals surface area contributed by atoms with Crippen molar-refractivity contribution in [1.29, 1.82) is 0 Å². The fourth-order valence-corrected chi connectivity index (χ4v) is 3.80. The molecule has 9 heteroatoms. The Morgan fingerprint density at radius 3 is 2.65 bits per heavy atom. The molecule has 2 atom stereocenters. The lowest BCUT2D eigenvalue weighted by Gasteiger charge is -2.29. The second-order valence-corrected chi connectivity index (χ2v) is 7.68. The minimum absolute atomic E-state index is 0.0527. The van der Waals surface area contributed by atoms with E-state index < -0.39 is 5.91 Å².